The van der Waals surface area contributed by atoms with Crippen LogP contribution in [0.15, 0.2) is 72.8 Å². The van der Waals surface area contributed by atoms with Crippen molar-refractivity contribution in [2.75, 3.05) is 13.2 Å². The standard InChI is InChI=1S/C28H31N3O2/c1-21-18-22(2)20-24(19-21)33-17-9-16-31-26-13-7-6-12-25(26)30-27(31)14-8-15-29-28(32)23-10-4-3-5-11-23/h3-7,10-13,18-20H,8-9,14-17H2,1-2H3,(H,29,32). The van der Waals surface area contributed by atoms with E-state index in [-0.39, 0.29) is 5.91 Å². The number of fused-ring (bicyclic) bond motifs is 1. The Hall–Kier alpha value is -3.60. The molecule has 0 aliphatic heterocycles. The van der Waals surface area contributed by atoms with E-state index in [1.165, 1.54) is 11.1 Å². The summed E-state index contributed by atoms with van der Waals surface area (Å²) < 4.78 is 8.29. The number of para-hydroxylation sites is 2. The van der Waals surface area contributed by atoms with Crippen molar-refractivity contribution in [2.45, 2.75) is 39.7 Å². The third kappa shape index (κ3) is 6.01. The van der Waals surface area contributed by atoms with Gasteiger partial charge in [0.1, 0.15) is 11.6 Å². The first-order chi connectivity index (χ1) is 16.1. The van der Waals surface area contributed by atoms with E-state index in [1.54, 1.807) is 0 Å². The van der Waals surface area contributed by atoms with Crippen LogP contribution in [-0.4, -0.2) is 28.6 Å². The quantitative estimate of drug-likeness (QED) is 0.331. The van der Waals surface area contributed by atoms with E-state index in [9.17, 15) is 4.79 Å². The zero-order chi connectivity index (χ0) is 23.0. The second kappa shape index (κ2) is 10.8. The number of nitrogens with one attached hydrogen (secondary N) is 1. The number of imidazole rings is 1. The summed E-state index contributed by atoms with van der Waals surface area (Å²) >= 11 is 0. The molecular formula is C28H31N3O2. The van der Waals surface area contributed by atoms with Crippen molar-refractivity contribution in [3.8, 4) is 5.75 Å². The van der Waals surface area contributed by atoms with Gasteiger partial charge in [0.25, 0.3) is 5.91 Å². The fourth-order valence-corrected chi connectivity index (χ4v) is 4.13. The molecule has 0 fully saturated rings. The molecule has 33 heavy (non-hydrogen) atoms. The maximum Gasteiger partial charge on any atom is 0.251 e. The average molecular weight is 442 g/mol. The van der Waals surface area contributed by atoms with Crippen molar-refractivity contribution >= 4 is 16.9 Å². The number of hydrogen-bond donors (Lipinski definition) is 1. The van der Waals surface area contributed by atoms with Crippen molar-refractivity contribution in [3.05, 3.63) is 95.3 Å². The summed E-state index contributed by atoms with van der Waals surface area (Å²) in [5.41, 5.74) is 5.27. The maximum absolute atomic E-state index is 12.3. The second-order valence-electron chi connectivity index (χ2n) is 8.42. The molecule has 5 heteroatoms. The number of hydrogen-bond acceptors (Lipinski definition) is 3. The molecule has 0 unspecified atom stereocenters. The van der Waals surface area contributed by atoms with Gasteiger partial charge in [-0.05, 0) is 74.2 Å². The van der Waals surface area contributed by atoms with Crippen LogP contribution >= 0.6 is 0 Å². The third-order valence-corrected chi connectivity index (χ3v) is 5.62. The van der Waals surface area contributed by atoms with Gasteiger partial charge in [0.15, 0.2) is 0 Å². The minimum absolute atomic E-state index is 0.0346. The summed E-state index contributed by atoms with van der Waals surface area (Å²) in [5, 5.41) is 3.01. The molecule has 170 valence electrons. The molecule has 4 rings (SSSR count). The zero-order valence-corrected chi connectivity index (χ0v) is 19.4. The number of aromatic nitrogens is 2. The van der Waals surface area contributed by atoms with Crippen LogP contribution in [0.3, 0.4) is 0 Å². The van der Waals surface area contributed by atoms with Crippen LogP contribution in [0.1, 0.15) is 40.2 Å². The summed E-state index contributed by atoms with van der Waals surface area (Å²) in [6.45, 7) is 6.30. The van der Waals surface area contributed by atoms with Crippen molar-refractivity contribution in [1.29, 1.82) is 0 Å². The Morgan fingerprint density at radius 1 is 0.939 bits per heavy atom. The van der Waals surface area contributed by atoms with Gasteiger partial charge < -0.3 is 14.6 Å². The number of carbonyl (C=O) groups excluding carboxylic acids is 1. The van der Waals surface area contributed by atoms with Crippen LogP contribution in [0.5, 0.6) is 5.75 Å². The number of rotatable bonds is 10. The first-order valence-corrected chi connectivity index (χ1v) is 11.6. The highest BCUT2D eigenvalue weighted by Crippen LogP contribution is 2.19. The summed E-state index contributed by atoms with van der Waals surface area (Å²) in [7, 11) is 0. The normalized spacial score (nSPS) is 11.0. The molecule has 0 aliphatic carbocycles. The molecule has 0 atom stereocenters. The van der Waals surface area contributed by atoms with Gasteiger partial charge in [0.2, 0.25) is 0 Å². The average Bonchev–Trinajstić information content (AvgIpc) is 3.17. The molecule has 0 radical (unpaired) electrons. The third-order valence-electron chi connectivity index (χ3n) is 5.62. The van der Waals surface area contributed by atoms with E-state index in [2.05, 4.69) is 60.1 Å². The summed E-state index contributed by atoms with van der Waals surface area (Å²) in [6, 6.07) is 23.9. The summed E-state index contributed by atoms with van der Waals surface area (Å²) in [6.07, 6.45) is 2.54. The Kier molecular flexibility index (Phi) is 7.40. The Bertz CT molecular complexity index is 1190. The molecule has 4 aromatic rings. The van der Waals surface area contributed by atoms with Crippen LogP contribution in [0.25, 0.3) is 11.0 Å². The lowest BCUT2D eigenvalue weighted by Crippen LogP contribution is -2.24. The topological polar surface area (TPSA) is 56.1 Å². The molecule has 0 aliphatic rings. The minimum atomic E-state index is -0.0346. The van der Waals surface area contributed by atoms with E-state index < -0.39 is 0 Å². The molecule has 5 nitrogen and oxygen atoms in total. The number of nitrogens with zero attached hydrogens (tertiary/aromatic N) is 2. The van der Waals surface area contributed by atoms with Crippen molar-refractivity contribution in [1.82, 2.24) is 14.9 Å². The monoisotopic (exact) mass is 441 g/mol. The van der Waals surface area contributed by atoms with Gasteiger partial charge in [-0.3, -0.25) is 4.79 Å². The van der Waals surface area contributed by atoms with Gasteiger partial charge in [-0.1, -0.05) is 36.4 Å². The highest BCUT2D eigenvalue weighted by molar-refractivity contribution is 5.94. The largest absolute Gasteiger partial charge is 0.494 e. The molecule has 0 saturated carbocycles. The number of carbonyl (C=O) groups is 1. The summed E-state index contributed by atoms with van der Waals surface area (Å²) in [5.74, 6) is 1.95. The van der Waals surface area contributed by atoms with E-state index in [0.717, 1.165) is 48.4 Å². The summed E-state index contributed by atoms with van der Waals surface area (Å²) in [4.78, 5) is 17.1. The molecule has 0 bridgehead atoms. The van der Waals surface area contributed by atoms with E-state index in [1.807, 2.05) is 36.4 Å². The SMILES string of the molecule is Cc1cc(C)cc(OCCCn2c(CCCNC(=O)c3ccccc3)nc3ccccc32)c1. The number of aryl methyl sites for hydroxylation is 4. The number of amides is 1. The van der Waals surface area contributed by atoms with Crippen molar-refractivity contribution in [2.24, 2.45) is 0 Å². The lowest BCUT2D eigenvalue weighted by molar-refractivity contribution is 0.0953. The van der Waals surface area contributed by atoms with E-state index in [0.29, 0.717) is 18.7 Å². The fourth-order valence-electron chi connectivity index (χ4n) is 4.13. The van der Waals surface area contributed by atoms with Gasteiger partial charge in [-0.25, -0.2) is 4.98 Å². The van der Waals surface area contributed by atoms with Crippen LogP contribution in [0.2, 0.25) is 0 Å². The van der Waals surface area contributed by atoms with Gasteiger partial charge in [0, 0.05) is 25.1 Å². The molecule has 1 heterocycles. The van der Waals surface area contributed by atoms with Crippen molar-refractivity contribution in [3.63, 3.8) is 0 Å². The molecular weight excluding hydrogens is 410 g/mol. The van der Waals surface area contributed by atoms with Gasteiger partial charge in [-0.2, -0.15) is 0 Å². The molecule has 0 saturated heterocycles. The zero-order valence-electron chi connectivity index (χ0n) is 19.4. The highest BCUT2D eigenvalue weighted by Gasteiger charge is 2.11. The van der Waals surface area contributed by atoms with Gasteiger partial charge >= 0.3 is 0 Å². The lowest BCUT2D eigenvalue weighted by Gasteiger charge is -2.11. The minimum Gasteiger partial charge on any atom is -0.494 e. The Morgan fingerprint density at radius 3 is 2.45 bits per heavy atom. The number of ether oxygens (including phenoxy) is 1. The molecule has 1 aromatic heterocycles. The smallest absolute Gasteiger partial charge is 0.251 e. The van der Waals surface area contributed by atoms with Crippen LogP contribution in [0, 0.1) is 13.8 Å². The highest BCUT2D eigenvalue weighted by atomic mass is 16.5. The molecule has 1 N–H and O–H groups in total. The van der Waals surface area contributed by atoms with Crippen LogP contribution in [0.4, 0.5) is 0 Å². The first kappa shape index (κ1) is 22.6. The first-order valence-electron chi connectivity index (χ1n) is 11.6. The van der Waals surface area contributed by atoms with E-state index in [4.69, 9.17) is 9.72 Å². The Morgan fingerprint density at radius 2 is 1.67 bits per heavy atom. The van der Waals surface area contributed by atoms with Crippen molar-refractivity contribution < 1.29 is 9.53 Å². The lowest BCUT2D eigenvalue weighted by atomic mass is 10.1. The maximum atomic E-state index is 12.3. The Balaban J connectivity index is 1.33. The number of benzene rings is 3. The predicted octanol–water partition coefficient (Wildman–Crippen LogP) is 5.48. The van der Waals surface area contributed by atoms with E-state index >= 15 is 0 Å². The molecule has 3 aromatic carbocycles. The van der Waals surface area contributed by atoms with Crippen LogP contribution in [-0.2, 0) is 13.0 Å². The Labute approximate surface area is 195 Å². The fraction of sp³-hybridized carbons (Fsp3) is 0.286. The molecule has 0 spiro atoms. The van der Waals surface area contributed by atoms with Crippen LogP contribution < -0.4 is 10.1 Å². The predicted molar refractivity (Wildman–Crippen MR) is 133 cm³/mol. The van der Waals surface area contributed by atoms with Gasteiger partial charge in [0.05, 0.1) is 17.6 Å². The molecule has 1 amide bonds. The second-order valence-corrected chi connectivity index (χ2v) is 8.42. The van der Waals surface area contributed by atoms with Gasteiger partial charge in [-0.15, -0.1) is 0 Å².